The van der Waals surface area contributed by atoms with Gasteiger partial charge in [0, 0.05) is 24.4 Å². The van der Waals surface area contributed by atoms with Crippen molar-refractivity contribution in [1.82, 2.24) is 5.06 Å². The van der Waals surface area contributed by atoms with E-state index >= 15 is 0 Å². The fraction of sp³-hybridized carbons (Fsp3) is 0.409. The maximum absolute atomic E-state index is 6.71. The normalized spacial score (nSPS) is 27.8. The largest absolute Gasteiger partial charge is 0.496 e. The Morgan fingerprint density at radius 3 is 2.90 bits per heavy atom. The lowest BCUT2D eigenvalue weighted by molar-refractivity contribution is -0.204. The summed E-state index contributed by atoms with van der Waals surface area (Å²) >= 11 is 3.57. The number of hydrogen-bond acceptors (Lipinski definition) is 6. The van der Waals surface area contributed by atoms with Gasteiger partial charge in [0.1, 0.15) is 17.1 Å². The molecule has 2 atom stereocenters. The Labute approximate surface area is 178 Å². The molecule has 2 aromatic carbocycles. The van der Waals surface area contributed by atoms with Crippen LogP contribution in [-0.4, -0.2) is 30.8 Å². The molecule has 2 N–H and O–H groups in total. The van der Waals surface area contributed by atoms with E-state index < -0.39 is 11.3 Å². The maximum atomic E-state index is 6.71. The standard InChI is InChI=1S/C22H24BrN3O3/c1-26-20(24)25-22(29-26)13-21(28-19-9-8-15(23)11-17(19)22)10-4-6-16-14(12-21)5-3-7-18(16)27-2/h3,5,7-9,11H,4,6,10,12-13H2,1-2H3,(H2,24,25). The van der Waals surface area contributed by atoms with Crippen molar-refractivity contribution in [2.75, 3.05) is 14.2 Å². The predicted molar refractivity (Wildman–Crippen MR) is 114 cm³/mol. The van der Waals surface area contributed by atoms with Crippen LogP contribution in [0.15, 0.2) is 45.9 Å². The fourth-order valence-electron chi connectivity index (χ4n) is 4.94. The zero-order valence-electron chi connectivity index (χ0n) is 16.6. The Hall–Kier alpha value is -2.25. The third-order valence-corrected chi connectivity index (χ3v) is 6.67. The van der Waals surface area contributed by atoms with Crippen molar-refractivity contribution in [3.8, 4) is 11.5 Å². The number of guanidine groups is 1. The number of benzene rings is 2. The summed E-state index contributed by atoms with van der Waals surface area (Å²) in [5.74, 6) is 2.13. The smallest absolute Gasteiger partial charge is 0.222 e. The van der Waals surface area contributed by atoms with Gasteiger partial charge in [-0.15, -0.1) is 0 Å². The summed E-state index contributed by atoms with van der Waals surface area (Å²) in [5, 5.41) is 1.55. The highest BCUT2D eigenvalue weighted by Gasteiger charge is 2.54. The maximum Gasteiger partial charge on any atom is 0.222 e. The molecular formula is C22H24BrN3O3. The highest BCUT2D eigenvalue weighted by Crippen LogP contribution is 2.52. The summed E-state index contributed by atoms with van der Waals surface area (Å²) in [6.45, 7) is 0. The Kier molecular flexibility index (Phi) is 4.29. The first-order valence-electron chi connectivity index (χ1n) is 9.86. The summed E-state index contributed by atoms with van der Waals surface area (Å²) in [4.78, 5) is 11.0. The number of hydroxylamine groups is 2. The van der Waals surface area contributed by atoms with Crippen LogP contribution in [-0.2, 0) is 23.4 Å². The molecule has 2 spiro atoms. The lowest BCUT2D eigenvalue weighted by atomic mass is 9.79. The van der Waals surface area contributed by atoms with E-state index in [9.17, 15) is 0 Å². The average molecular weight is 458 g/mol. The number of rotatable bonds is 1. The van der Waals surface area contributed by atoms with Crippen LogP contribution in [0, 0.1) is 0 Å². The number of ether oxygens (including phenoxy) is 2. The van der Waals surface area contributed by atoms with Gasteiger partial charge in [-0.3, -0.25) is 0 Å². The number of halogens is 1. The van der Waals surface area contributed by atoms with E-state index in [0.717, 1.165) is 47.2 Å². The monoisotopic (exact) mass is 457 g/mol. The molecule has 0 radical (unpaired) electrons. The van der Waals surface area contributed by atoms with Crippen molar-refractivity contribution in [3.63, 3.8) is 0 Å². The molecule has 0 aromatic heterocycles. The SMILES string of the molecule is COc1cccc2c1CCCC1(C2)CC2(N=C(N)N(C)O2)c2cc(Br)ccc2O1. The summed E-state index contributed by atoms with van der Waals surface area (Å²) in [6.07, 6.45) is 4.26. The topological polar surface area (TPSA) is 69.3 Å². The van der Waals surface area contributed by atoms with E-state index in [-0.39, 0.29) is 0 Å². The second kappa shape index (κ2) is 6.64. The van der Waals surface area contributed by atoms with Crippen molar-refractivity contribution in [3.05, 3.63) is 57.6 Å². The van der Waals surface area contributed by atoms with Crippen molar-refractivity contribution >= 4 is 21.9 Å². The van der Waals surface area contributed by atoms with Crippen molar-refractivity contribution < 1.29 is 14.3 Å². The summed E-state index contributed by atoms with van der Waals surface area (Å²) in [5.41, 5.74) is 8.27. The number of methoxy groups -OCH3 is 1. The second-order valence-corrected chi connectivity index (χ2v) is 8.99. The molecule has 0 saturated heterocycles. The first-order valence-corrected chi connectivity index (χ1v) is 10.6. The van der Waals surface area contributed by atoms with Crippen molar-refractivity contribution in [2.45, 2.75) is 43.4 Å². The lowest BCUT2D eigenvalue weighted by Gasteiger charge is -2.45. The lowest BCUT2D eigenvalue weighted by Crippen LogP contribution is -2.49. The number of nitrogens with zero attached hydrogens (tertiary/aromatic N) is 2. The molecule has 3 aliphatic rings. The zero-order chi connectivity index (χ0) is 20.2. The fourth-order valence-corrected chi connectivity index (χ4v) is 5.30. The average Bonchev–Trinajstić information content (AvgIpc) is 2.85. The molecule has 0 bridgehead atoms. The van der Waals surface area contributed by atoms with Crippen LogP contribution in [0.25, 0.3) is 0 Å². The Morgan fingerprint density at radius 2 is 2.14 bits per heavy atom. The van der Waals surface area contributed by atoms with Gasteiger partial charge in [-0.1, -0.05) is 28.1 Å². The molecule has 0 amide bonds. The molecule has 0 saturated carbocycles. The van der Waals surface area contributed by atoms with E-state index in [0.29, 0.717) is 12.4 Å². The Morgan fingerprint density at radius 1 is 1.28 bits per heavy atom. The summed E-state index contributed by atoms with van der Waals surface area (Å²) in [7, 11) is 3.52. The second-order valence-electron chi connectivity index (χ2n) is 8.07. The van der Waals surface area contributed by atoms with E-state index in [1.54, 1.807) is 19.2 Å². The van der Waals surface area contributed by atoms with Gasteiger partial charge in [0.2, 0.25) is 11.7 Å². The predicted octanol–water partition coefficient (Wildman–Crippen LogP) is 3.90. The third kappa shape index (κ3) is 2.99. The molecule has 29 heavy (non-hydrogen) atoms. The minimum atomic E-state index is -0.875. The Balaban J connectivity index is 1.63. The van der Waals surface area contributed by atoms with Crippen LogP contribution in [0.3, 0.4) is 0 Å². The van der Waals surface area contributed by atoms with Gasteiger partial charge in [-0.05, 0) is 54.7 Å². The molecule has 7 heteroatoms. The molecule has 6 nitrogen and oxygen atoms in total. The number of nitrogens with two attached hydrogens (primary N) is 1. The number of fused-ring (bicyclic) bond motifs is 3. The molecule has 2 unspecified atom stereocenters. The van der Waals surface area contributed by atoms with Gasteiger partial charge in [0.15, 0.2) is 0 Å². The van der Waals surface area contributed by atoms with Gasteiger partial charge < -0.3 is 15.2 Å². The van der Waals surface area contributed by atoms with Crippen LogP contribution in [0.4, 0.5) is 0 Å². The van der Waals surface area contributed by atoms with Gasteiger partial charge in [-0.2, -0.15) is 0 Å². The highest BCUT2D eigenvalue weighted by molar-refractivity contribution is 9.10. The van der Waals surface area contributed by atoms with Crippen LogP contribution in [0.1, 0.15) is 36.0 Å². The highest BCUT2D eigenvalue weighted by atomic mass is 79.9. The van der Waals surface area contributed by atoms with Crippen LogP contribution < -0.4 is 15.2 Å². The minimum absolute atomic E-state index is 0.378. The quantitative estimate of drug-likeness (QED) is 0.702. The van der Waals surface area contributed by atoms with E-state index in [1.165, 1.54) is 11.1 Å². The van der Waals surface area contributed by atoms with Gasteiger partial charge in [0.25, 0.3) is 0 Å². The molecule has 2 aromatic rings. The molecular weight excluding hydrogens is 434 g/mol. The van der Waals surface area contributed by atoms with Crippen LogP contribution >= 0.6 is 15.9 Å². The van der Waals surface area contributed by atoms with Crippen LogP contribution in [0.2, 0.25) is 0 Å². The third-order valence-electron chi connectivity index (χ3n) is 6.18. The van der Waals surface area contributed by atoms with Gasteiger partial charge in [-0.25, -0.2) is 14.9 Å². The number of hydrogen-bond donors (Lipinski definition) is 1. The molecule has 5 rings (SSSR count). The van der Waals surface area contributed by atoms with E-state index in [1.807, 2.05) is 24.3 Å². The molecule has 2 heterocycles. The minimum Gasteiger partial charge on any atom is -0.496 e. The molecule has 0 fully saturated rings. The zero-order valence-corrected chi connectivity index (χ0v) is 18.2. The molecule has 2 aliphatic heterocycles. The number of aliphatic imine (C=N–C) groups is 1. The van der Waals surface area contributed by atoms with Crippen molar-refractivity contribution in [2.24, 2.45) is 10.7 Å². The van der Waals surface area contributed by atoms with Crippen LogP contribution in [0.5, 0.6) is 11.5 Å². The van der Waals surface area contributed by atoms with E-state index in [4.69, 9.17) is 25.0 Å². The summed E-state index contributed by atoms with van der Waals surface area (Å²) in [6, 6.07) is 12.3. The van der Waals surface area contributed by atoms with Gasteiger partial charge >= 0.3 is 0 Å². The van der Waals surface area contributed by atoms with Crippen molar-refractivity contribution in [1.29, 1.82) is 0 Å². The Bertz CT molecular complexity index is 1010. The molecule has 1 aliphatic carbocycles. The molecule has 152 valence electrons. The van der Waals surface area contributed by atoms with Gasteiger partial charge in [0.05, 0.1) is 12.7 Å². The summed E-state index contributed by atoms with van der Waals surface area (Å²) < 4.78 is 13.3. The first kappa shape index (κ1) is 18.8. The van der Waals surface area contributed by atoms with E-state index in [2.05, 4.69) is 28.1 Å². The first-order chi connectivity index (χ1) is 13.9.